The number of esters is 1. The predicted octanol–water partition coefficient (Wildman–Crippen LogP) is 2.45. The minimum Gasteiger partial charge on any atom is -0.465 e. The van der Waals surface area contributed by atoms with E-state index in [9.17, 15) is 19.5 Å². The van der Waals surface area contributed by atoms with Crippen LogP contribution in [-0.4, -0.2) is 56.9 Å². The maximum absolute atomic E-state index is 13.1. The molecular formula is C26H27N3O6. The van der Waals surface area contributed by atoms with Crippen LogP contribution < -0.4 is 5.56 Å². The van der Waals surface area contributed by atoms with Gasteiger partial charge in [-0.05, 0) is 36.6 Å². The molecule has 2 bridgehead atoms. The van der Waals surface area contributed by atoms with Crippen molar-refractivity contribution in [1.29, 1.82) is 0 Å². The Morgan fingerprint density at radius 2 is 1.94 bits per heavy atom. The van der Waals surface area contributed by atoms with Crippen molar-refractivity contribution in [3.8, 4) is 0 Å². The SMILES string of the molecule is CCOC(=O)Cn1cnc2ccc(C3C4CN(C(=O)OCc5ccccc5)C3CC4O)cc2c1=O. The van der Waals surface area contributed by atoms with Crippen LogP contribution in [0.3, 0.4) is 0 Å². The van der Waals surface area contributed by atoms with Gasteiger partial charge in [0, 0.05) is 24.4 Å². The highest BCUT2D eigenvalue weighted by Crippen LogP contribution is 2.49. The van der Waals surface area contributed by atoms with Crippen LogP contribution >= 0.6 is 0 Å². The van der Waals surface area contributed by atoms with Crippen molar-refractivity contribution < 1.29 is 24.2 Å². The lowest BCUT2D eigenvalue weighted by Gasteiger charge is -2.28. The molecule has 2 heterocycles. The smallest absolute Gasteiger partial charge is 0.410 e. The fraction of sp³-hybridized carbons (Fsp3) is 0.385. The molecule has 2 aromatic carbocycles. The van der Waals surface area contributed by atoms with Crippen molar-refractivity contribution in [3.63, 3.8) is 0 Å². The maximum Gasteiger partial charge on any atom is 0.410 e. The number of hydrogen-bond acceptors (Lipinski definition) is 7. The number of rotatable bonds is 6. The maximum atomic E-state index is 13.1. The van der Waals surface area contributed by atoms with Crippen molar-refractivity contribution in [1.82, 2.24) is 14.5 Å². The Morgan fingerprint density at radius 3 is 2.71 bits per heavy atom. The van der Waals surface area contributed by atoms with Gasteiger partial charge in [0.2, 0.25) is 0 Å². The summed E-state index contributed by atoms with van der Waals surface area (Å²) >= 11 is 0. The van der Waals surface area contributed by atoms with Gasteiger partial charge in [0.1, 0.15) is 13.2 Å². The van der Waals surface area contributed by atoms with Gasteiger partial charge in [-0.3, -0.25) is 14.2 Å². The van der Waals surface area contributed by atoms with E-state index in [0.717, 1.165) is 11.1 Å². The van der Waals surface area contributed by atoms with E-state index < -0.39 is 18.2 Å². The first-order valence-corrected chi connectivity index (χ1v) is 11.8. The van der Waals surface area contributed by atoms with Crippen LogP contribution in [0.1, 0.15) is 30.4 Å². The molecule has 4 unspecified atom stereocenters. The van der Waals surface area contributed by atoms with Crippen LogP contribution in [0, 0.1) is 5.92 Å². The van der Waals surface area contributed by atoms with Crippen molar-refractivity contribution >= 4 is 23.0 Å². The molecule has 1 aromatic heterocycles. The molecule has 5 rings (SSSR count). The van der Waals surface area contributed by atoms with Gasteiger partial charge in [-0.25, -0.2) is 9.78 Å². The summed E-state index contributed by atoms with van der Waals surface area (Å²) in [6.45, 7) is 2.30. The number of fused-ring (bicyclic) bond motifs is 3. The van der Waals surface area contributed by atoms with E-state index in [1.54, 1.807) is 24.0 Å². The Hall–Kier alpha value is -3.72. The first-order chi connectivity index (χ1) is 17.0. The zero-order valence-electron chi connectivity index (χ0n) is 19.4. The Morgan fingerprint density at radius 1 is 1.14 bits per heavy atom. The van der Waals surface area contributed by atoms with Gasteiger partial charge in [0.15, 0.2) is 0 Å². The van der Waals surface area contributed by atoms with E-state index >= 15 is 0 Å². The molecule has 2 fully saturated rings. The molecule has 35 heavy (non-hydrogen) atoms. The zero-order valence-corrected chi connectivity index (χ0v) is 19.4. The van der Waals surface area contributed by atoms with Crippen molar-refractivity contribution in [2.24, 2.45) is 5.92 Å². The van der Waals surface area contributed by atoms with Gasteiger partial charge in [-0.15, -0.1) is 0 Å². The number of carbonyl (C=O) groups excluding carboxylic acids is 2. The first kappa shape index (κ1) is 23.0. The molecule has 2 aliphatic rings. The summed E-state index contributed by atoms with van der Waals surface area (Å²) in [5, 5.41) is 11.0. The van der Waals surface area contributed by atoms with Crippen LogP contribution in [-0.2, 0) is 27.4 Å². The van der Waals surface area contributed by atoms with Crippen LogP contribution in [0.15, 0.2) is 59.7 Å². The van der Waals surface area contributed by atoms with Crippen LogP contribution in [0.25, 0.3) is 10.9 Å². The number of benzene rings is 2. The number of aromatic nitrogens is 2. The van der Waals surface area contributed by atoms with Crippen LogP contribution in [0.4, 0.5) is 4.79 Å². The Kier molecular flexibility index (Phi) is 6.25. The topological polar surface area (TPSA) is 111 Å². The summed E-state index contributed by atoms with van der Waals surface area (Å²) in [6, 6.07) is 14.7. The molecule has 4 atom stereocenters. The summed E-state index contributed by atoms with van der Waals surface area (Å²) in [6.07, 6.45) is 0.855. The lowest BCUT2D eigenvalue weighted by molar-refractivity contribution is -0.143. The summed E-state index contributed by atoms with van der Waals surface area (Å²) in [5.74, 6) is -0.787. The number of hydrogen-bond donors (Lipinski definition) is 1. The number of aliphatic hydroxyl groups excluding tert-OH is 1. The van der Waals surface area contributed by atoms with Gasteiger partial charge in [0.25, 0.3) is 5.56 Å². The number of carbonyl (C=O) groups is 2. The van der Waals surface area contributed by atoms with Gasteiger partial charge in [-0.2, -0.15) is 0 Å². The van der Waals surface area contributed by atoms with Crippen LogP contribution in [0.2, 0.25) is 0 Å². The number of likely N-dealkylation sites (tertiary alicyclic amines) is 1. The largest absolute Gasteiger partial charge is 0.465 e. The third-order valence-corrected chi connectivity index (χ3v) is 6.94. The number of ether oxygens (including phenoxy) is 2. The molecule has 1 saturated heterocycles. The van der Waals surface area contributed by atoms with Gasteiger partial charge < -0.3 is 19.5 Å². The van der Waals surface area contributed by atoms with Crippen molar-refractivity contribution in [2.75, 3.05) is 13.2 Å². The molecule has 1 aliphatic heterocycles. The standard InChI is InChI=1S/C26H27N3O6/c1-2-34-23(31)13-28-15-27-20-9-8-17(10-18(20)25(28)32)24-19-12-29(21(24)11-22(19)30)26(33)35-14-16-6-4-3-5-7-16/h3-10,15,19,21-22,24,30H,2,11-14H2,1H3. The molecule has 9 heteroatoms. The summed E-state index contributed by atoms with van der Waals surface area (Å²) in [4.78, 5) is 43.8. The van der Waals surface area contributed by atoms with Gasteiger partial charge in [0.05, 0.1) is 29.9 Å². The average molecular weight is 478 g/mol. The van der Waals surface area contributed by atoms with Crippen LogP contribution in [0.5, 0.6) is 0 Å². The fourth-order valence-electron chi connectivity index (χ4n) is 5.34. The Bertz CT molecular complexity index is 1310. The molecule has 0 spiro atoms. The van der Waals surface area contributed by atoms with E-state index in [-0.39, 0.29) is 43.2 Å². The number of piperidine rings is 1. The molecule has 1 aliphatic carbocycles. The normalized spacial score (nSPS) is 23.0. The second kappa shape index (κ2) is 9.50. The van der Waals surface area contributed by atoms with E-state index in [0.29, 0.717) is 23.9 Å². The van der Waals surface area contributed by atoms with Gasteiger partial charge >= 0.3 is 12.1 Å². The first-order valence-electron chi connectivity index (χ1n) is 11.8. The predicted molar refractivity (Wildman–Crippen MR) is 127 cm³/mol. The minimum absolute atomic E-state index is 0.128. The van der Waals surface area contributed by atoms with E-state index in [2.05, 4.69) is 4.98 Å². The van der Waals surface area contributed by atoms with Crippen molar-refractivity contribution in [2.45, 2.75) is 44.6 Å². The molecule has 182 valence electrons. The lowest BCUT2D eigenvalue weighted by atomic mass is 9.89. The van der Waals surface area contributed by atoms with E-state index in [1.807, 2.05) is 36.4 Å². The molecular weight excluding hydrogens is 450 g/mol. The van der Waals surface area contributed by atoms with E-state index in [4.69, 9.17) is 9.47 Å². The number of nitrogens with zero attached hydrogens (tertiary/aromatic N) is 3. The zero-order chi connectivity index (χ0) is 24.5. The molecule has 3 aromatic rings. The summed E-state index contributed by atoms with van der Waals surface area (Å²) in [5.41, 5.74) is 1.94. The van der Waals surface area contributed by atoms with Gasteiger partial charge in [-0.1, -0.05) is 36.4 Å². The molecule has 0 radical (unpaired) electrons. The number of amides is 1. The second-order valence-electron chi connectivity index (χ2n) is 9.01. The highest BCUT2D eigenvalue weighted by molar-refractivity contribution is 5.79. The highest BCUT2D eigenvalue weighted by atomic mass is 16.6. The fourth-order valence-corrected chi connectivity index (χ4v) is 5.34. The monoisotopic (exact) mass is 477 g/mol. The highest BCUT2D eigenvalue weighted by Gasteiger charge is 2.54. The lowest BCUT2D eigenvalue weighted by Crippen LogP contribution is -2.42. The third-order valence-electron chi connectivity index (χ3n) is 6.94. The quantitative estimate of drug-likeness (QED) is 0.543. The van der Waals surface area contributed by atoms with E-state index in [1.165, 1.54) is 10.9 Å². The molecule has 1 N–H and O–H groups in total. The third kappa shape index (κ3) is 4.39. The molecule has 1 saturated carbocycles. The summed E-state index contributed by atoms with van der Waals surface area (Å²) < 4.78 is 11.7. The summed E-state index contributed by atoms with van der Waals surface area (Å²) in [7, 11) is 0. The second-order valence-corrected chi connectivity index (χ2v) is 9.01. The minimum atomic E-state index is -0.534. The average Bonchev–Trinajstić information content (AvgIpc) is 3.39. The molecule has 1 amide bonds. The van der Waals surface area contributed by atoms with Crippen molar-refractivity contribution in [3.05, 3.63) is 76.3 Å². The molecule has 9 nitrogen and oxygen atoms in total. The number of aliphatic hydroxyl groups is 1. The Labute approximate surface area is 201 Å². The Balaban J connectivity index is 1.38.